The third-order valence-electron chi connectivity index (χ3n) is 4.04. The highest BCUT2D eigenvalue weighted by Gasteiger charge is 2.31. The zero-order valence-corrected chi connectivity index (χ0v) is 14.1. The Morgan fingerprint density at radius 3 is 2.87 bits per heavy atom. The Balaban J connectivity index is 2.07. The number of hydrogen-bond donors (Lipinski definition) is 1. The van der Waals surface area contributed by atoms with Gasteiger partial charge in [-0.25, -0.2) is 4.79 Å². The van der Waals surface area contributed by atoms with Gasteiger partial charge in [0.25, 0.3) is 0 Å². The molecule has 1 aliphatic rings. The predicted molar refractivity (Wildman–Crippen MR) is 88.1 cm³/mol. The number of carbonyl (C=O) groups is 1. The Labute approximate surface area is 137 Å². The number of ether oxygens (including phenoxy) is 3. The second-order valence-corrected chi connectivity index (χ2v) is 5.39. The van der Waals surface area contributed by atoms with Crippen LogP contribution < -0.4 is 14.8 Å². The van der Waals surface area contributed by atoms with Gasteiger partial charge in [-0.2, -0.15) is 0 Å². The summed E-state index contributed by atoms with van der Waals surface area (Å²) >= 11 is 0. The van der Waals surface area contributed by atoms with E-state index in [9.17, 15) is 4.79 Å². The molecule has 1 aromatic carbocycles. The van der Waals surface area contributed by atoms with Gasteiger partial charge in [0.1, 0.15) is 11.5 Å². The van der Waals surface area contributed by atoms with Gasteiger partial charge in [-0.15, -0.1) is 0 Å². The van der Waals surface area contributed by atoms with Gasteiger partial charge in [-0.1, -0.05) is 0 Å². The number of nitrogens with zero attached hydrogens (tertiary/aromatic N) is 1. The second kappa shape index (κ2) is 8.62. The van der Waals surface area contributed by atoms with E-state index in [0.717, 1.165) is 36.4 Å². The summed E-state index contributed by atoms with van der Waals surface area (Å²) in [7, 11) is 3.27. The second-order valence-electron chi connectivity index (χ2n) is 5.39. The number of nitrogens with one attached hydrogen (secondary N) is 1. The van der Waals surface area contributed by atoms with Crippen LogP contribution in [0.3, 0.4) is 0 Å². The highest BCUT2D eigenvalue weighted by atomic mass is 16.5. The molecule has 0 aliphatic carbocycles. The molecule has 0 unspecified atom stereocenters. The van der Waals surface area contributed by atoms with E-state index in [1.165, 1.54) is 0 Å². The van der Waals surface area contributed by atoms with Gasteiger partial charge in [-0.3, -0.25) is 0 Å². The van der Waals surface area contributed by atoms with Crippen LogP contribution in [0.4, 0.5) is 4.79 Å². The molecule has 2 rings (SSSR count). The van der Waals surface area contributed by atoms with E-state index in [4.69, 9.17) is 14.2 Å². The summed E-state index contributed by atoms with van der Waals surface area (Å²) in [4.78, 5) is 14.3. The maximum atomic E-state index is 12.4. The Hall–Kier alpha value is -1.95. The molecule has 2 amide bonds. The lowest BCUT2D eigenvalue weighted by Gasteiger charge is -2.26. The van der Waals surface area contributed by atoms with E-state index >= 15 is 0 Å². The molecule has 6 heteroatoms. The van der Waals surface area contributed by atoms with E-state index in [0.29, 0.717) is 19.8 Å². The quantitative estimate of drug-likeness (QED) is 0.784. The van der Waals surface area contributed by atoms with Crippen molar-refractivity contribution in [2.24, 2.45) is 0 Å². The number of hydrogen-bond acceptors (Lipinski definition) is 4. The van der Waals surface area contributed by atoms with Gasteiger partial charge in [0, 0.05) is 31.3 Å². The number of rotatable bonds is 7. The summed E-state index contributed by atoms with van der Waals surface area (Å²) in [5, 5.41) is 2.92. The molecule has 1 saturated heterocycles. The van der Waals surface area contributed by atoms with Crippen molar-refractivity contribution >= 4 is 6.03 Å². The summed E-state index contributed by atoms with van der Waals surface area (Å²) in [6.07, 6.45) is 1.92. The smallest absolute Gasteiger partial charge is 0.317 e. The average Bonchev–Trinajstić information content (AvgIpc) is 3.07. The summed E-state index contributed by atoms with van der Waals surface area (Å²) < 4.78 is 16.0. The maximum Gasteiger partial charge on any atom is 0.317 e. The highest BCUT2D eigenvalue weighted by molar-refractivity contribution is 5.75. The molecule has 128 valence electrons. The van der Waals surface area contributed by atoms with Gasteiger partial charge in [0.05, 0.1) is 26.9 Å². The first-order chi connectivity index (χ1) is 11.2. The number of amides is 2. The van der Waals surface area contributed by atoms with Gasteiger partial charge in [-0.05, 0) is 31.9 Å². The first-order valence-corrected chi connectivity index (χ1v) is 8.05. The molecule has 1 N–H and O–H groups in total. The Bertz CT molecular complexity index is 521. The maximum absolute atomic E-state index is 12.4. The SMILES string of the molecule is CCOCCNC(=O)N1CCC[C@H]1c1ccc(OC)cc1OC. The summed E-state index contributed by atoms with van der Waals surface area (Å²) in [6.45, 7) is 4.40. The number of carbonyl (C=O) groups excluding carboxylic acids is 1. The summed E-state index contributed by atoms with van der Waals surface area (Å²) in [5.74, 6) is 1.50. The fourth-order valence-corrected chi connectivity index (χ4v) is 2.90. The lowest BCUT2D eigenvalue weighted by atomic mass is 10.0. The first-order valence-electron chi connectivity index (χ1n) is 8.05. The van der Waals surface area contributed by atoms with Gasteiger partial charge < -0.3 is 24.4 Å². The van der Waals surface area contributed by atoms with Crippen molar-refractivity contribution in [2.75, 3.05) is 40.5 Å². The van der Waals surface area contributed by atoms with Crippen molar-refractivity contribution in [1.82, 2.24) is 10.2 Å². The van der Waals surface area contributed by atoms with Crippen LogP contribution in [0.25, 0.3) is 0 Å². The molecule has 1 aromatic rings. The molecule has 1 heterocycles. The van der Waals surface area contributed by atoms with Crippen LogP contribution in [0.1, 0.15) is 31.4 Å². The molecule has 0 radical (unpaired) electrons. The number of urea groups is 1. The standard InChI is InChI=1S/C17H26N2O4/c1-4-23-11-9-18-17(20)19-10-5-6-15(19)14-8-7-13(21-2)12-16(14)22-3/h7-8,12,15H,4-6,9-11H2,1-3H3,(H,18,20)/t15-/m0/s1. The predicted octanol–water partition coefficient (Wildman–Crippen LogP) is 2.59. The first kappa shape index (κ1) is 17.4. The normalized spacial score (nSPS) is 17.2. The molecular weight excluding hydrogens is 296 g/mol. The molecule has 1 atom stereocenters. The van der Waals surface area contributed by atoms with Gasteiger partial charge >= 0.3 is 6.03 Å². The number of methoxy groups -OCH3 is 2. The molecule has 0 spiro atoms. The highest BCUT2D eigenvalue weighted by Crippen LogP contribution is 2.38. The fraction of sp³-hybridized carbons (Fsp3) is 0.588. The summed E-state index contributed by atoms with van der Waals surface area (Å²) in [6, 6.07) is 5.72. The van der Waals surface area contributed by atoms with E-state index in [-0.39, 0.29) is 12.1 Å². The molecule has 0 bridgehead atoms. The molecule has 1 fully saturated rings. The lowest BCUT2D eigenvalue weighted by Crippen LogP contribution is -2.40. The van der Waals surface area contributed by atoms with Crippen LogP contribution in [0.5, 0.6) is 11.5 Å². The van der Waals surface area contributed by atoms with E-state index in [1.54, 1.807) is 14.2 Å². The summed E-state index contributed by atoms with van der Waals surface area (Å²) in [5.41, 5.74) is 1.02. The minimum absolute atomic E-state index is 0.0305. The van der Waals surface area contributed by atoms with Crippen molar-refractivity contribution in [3.8, 4) is 11.5 Å². The lowest BCUT2D eigenvalue weighted by molar-refractivity contribution is 0.144. The van der Waals surface area contributed by atoms with Gasteiger partial charge in [0.15, 0.2) is 0 Å². The third-order valence-corrected chi connectivity index (χ3v) is 4.04. The van der Waals surface area contributed by atoms with Crippen molar-refractivity contribution in [3.63, 3.8) is 0 Å². The monoisotopic (exact) mass is 322 g/mol. The van der Waals surface area contributed by atoms with Crippen LogP contribution in [-0.2, 0) is 4.74 Å². The van der Waals surface area contributed by atoms with Gasteiger partial charge in [0.2, 0.25) is 0 Å². The molecule has 1 aliphatic heterocycles. The van der Waals surface area contributed by atoms with E-state index < -0.39 is 0 Å². The van der Waals surface area contributed by atoms with Crippen LogP contribution in [-0.4, -0.2) is 51.5 Å². The largest absolute Gasteiger partial charge is 0.497 e. The Morgan fingerprint density at radius 1 is 1.35 bits per heavy atom. The van der Waals surface area contributed by atoms with Crippen molar-refractivity contribution in [3.05, 3.63) is 23.8 Å². The van der Waals surface area contributed by atoms with Crippen LogP contribution >= 0.6 is 0 Å². The van der Waals surface area contributed by atoms with Crippen LogP contribution in [0, 0.1) is 0 Å². The fourth-order valence-electron chi connectivity index (χ4n) is 2.90. The molecule has 6 nitrogen and oxygen atoms in total. The van der Waals surface area contributed by atoms with Crippen molar-refractivity contribution in [1.29, 1.82) is 0 Å². The molecule has 0 saturated carbocycles. The molecular formula is C17H26N2O4. The zero-order valence-electron chi connectivity index (χ0n) is 14.1. The zero-order chi connectivity index (χ0) is 16.7. The Kier molecular flexibility index (Phi) is 6.52. The van der Waals surface area contributed by atoms with E-state index in [2.05, 4.69) is 5.32 Å². The third kappa shape index (κ3) is 4.28. The topological polar surface area (TPSA) is 60.0 Å². The van der Waals surface area contributed by atoms with Crippen molar-refractivity contribution in [2.45, 2.75) is 25.8 Å². The average molecular weight is 322 g/mol. The van der Waals surface area contributed by atoms with Crippen LogP contribution in [0.2, 0.25) is 0 Å². The minimum atomic E-state index is -0.0509. The molecule has 0 aromatic heterocycles. The molecule has 23 heavy (non-hydrogen) atoms. The van der Waals surface area contributed by atoms with E-state index in [1.807, 2.05) is 30.0 Å². The number of likely N-dealkylation sites (tertiary alicyclic amines) is 1. The minimum Gasteiger partial charge on any atom is -0.497 e. The number of benzene rings is 1. The van der Waals surface area contributed by atoms with Crippen LogP contribution in [0.15, 0.2) is 18.2 Å². The Morgan fingerprint density at radius 2 is 2.17 bits per heavy atom. The van der Waals surface area contributed by atoms with Crippen molar-refractivity contribution < 1.29 is 19.0 Å².